The first-order valence-corrected chi connectivity index (χ1v) is 7.41. The van der Waals surface area contributed by atoms with E-state index in [9.17, 15) is 4.79 Å². The molecular formula is C17H15ClO4. The molecule has 0 spiro atoms. The van der Waals surface area contributed by atoms with Gasteiger partial charge in [0, 0.05) is 11.4 Å². The molecule has 2 aromatic rings. The van der Waals surface area contributed by atoms with Crippen LogP contribution in [0.15, 0.2) is 42.5 Å². The molecule has 4 nitrogen and oxygen atoms in total. The van der Waals surface area contributed by atoms with Gasteiger partial charge in [0.25, 0.3) is 0 Å². The highest BCUT2D eigenvalue weighted by molar-refractivity contribution is 6.30. The molecule has 22 heavy (non-hydrogen) atoms. The smallest absolute Gasteiger partial charge is 0.338 e. The highest BCUT2D eigenvalue weighted by Gasteiger charge is 2.15. The largest absolute Gasteiger partial charge is 0.490 e. The molecule has 0 radical (unpaired) electrons. The van der Waals surface area contributed by atoms with Crippen molar-refractivity contribution < 1.29 is 19.0 Å². The van der Waals surface area contributed by atoms with Crippen molar-refractivity contribution in [1.29, 1.82) is 0 Å². The van der Waals surface area contributed by atoms with E-state index >= 15 is 0 Å². The van der Waals surface area contributed by atoms with Crippen LogP contribution in [0.3, 0.4) is 0 Å². The summed E-state index contributed by atoms with van der Waals surface area (Å²) < 4.78 is 16.4. The molecule has 0 amide bonds. The van der Waals surface area contributed by atoms with E-state index in [1.807, 2.05) is 12.1 Å². The molecule has 1 aliphatic heterocycles. The van der Waals surface area contributed by atoms with Crippen LogP contribution < -0.4 is 9.47 Å². The summed E-state index contributed by atoms with van der Waals surface area (Å²) in [6.45, 7) is 1.37. The van der Waals surface area contributed by atoms with E-state index in [1.165, 1.54) is 0 Å². The number of halogens is 1. The van der Waals surface area contributed by atoms with Gasteiger partial charge in [0.15, 0.2) is 11.5 Å². The summed E-state index contributed by atoms with van der Waals surface area (Å²) in [5.74, 6) is 0.828. The van der Waals surface area contributed by atoms with Crippen molar-refractivity contribution in [2.24, 2.45) is 0 Å². The minimum absolute atomic E-state index is 0.174. The van der Waals surface area contributed by atoms with E-state index in [0.717, 1.165) is 12.0 Å². The van der Waals surface area contributed by atoms with Crippen molar-refractivity contribution in [3.05, 3.63) is 58.6 Å². The molecule has 0 saturated heterocycles. The van der Waals surface area contributed by atoms with Crippen LogP contribution in [0.4, 0.5) is 0 Å². The van der Waals surface area contributed by atoms with E-state index in [2.05, 4.69) is 0 Å². The van der Waals surface area contributed by atoms with E-state index in [-0.39, 0.29) is 6.61 Å². The van der Waals surface area contributed by atoms with Gasteiger partial charge in [0.2, 0.25) is 0 Å². The third-order valence-corrected chi connectivity index (χ3v) is 3.48. The van der Waals surface area contributed by atoms with Crippen LogP contribution in [0.5, 0.6) is 11.5 Å². The minimum atomic E-state index is -0.407. The summed E-state index contributed by atoms with van der Waals surface area (Å²) in [5.41, 5.74) is 1.28. The molecule has 0 unspecified atom stereocenters. The van der Waals surface area contributed by atoms with Gasteiger partial charge in [-0.2, -0.15) is 0 Å². The maximum atomic E-state index is 12.1. The van der Waals surface area contributed by atoms with Crippen LogP contribution in [-0.2, 0) is 11.3 Å². The summed E-state index contributed by atoms with van der Waals surface area (Å²) in [7, 11) is 0. The Kier molecular flexibility index (Phi) is 4.49. The predicted molar refractivity (Wildman–Crippen MR) is 82.6 cm³/mol. The highest BCUT2D eigenvalue weighted by Crippen LogP contribution is 2.30. The predicted octanol–water partition coefficient (Wildman–Crippen LogP) is 3.86. The Morgan fingerprint density at radius 1 is 1.09 bits per heavy atom. The Hall–Kier alpha value is -2.20. The summed E-state index contributed by atoms with van der Waals surface area (Å²) in [5, 5.41) is 0.615. The number of fused-ring (bicyclic) bond motifs is 1. The zero-order valence-electron chi connectivity index (χ0n) is 11.9. The van der Waals surface area contributed by atoms with Gasteiger partial charge in [-0.25, -0.2) is 4.79 Å². The Bertz CT molecular complexity index is 684. The number of carbonyl (C=O) groups is 1. The second-order valence-corrected chi connectivity index (χ2v) is 5.35. The molecule has 3 rings (SSSR count). The molecular weight excluding hydrogens is 304 g/mol. The normalized spacial score (nSPS) is 13.3. The molecule has 1 aliphatic rings. The van der Waals surface area contributed by atoms with Crippen LogP contribution in [0, 0.1) is 0 Å². The van der Waals surface area contributed by atoms with Crippen molar-refractivity contribution in [2.45, 2.75) is 13.0 Å². The second kappa shape index (κ2) is 6.71. The Balaban J connectivity index is 1.68. The molecule has 0 aromatic heterocycles. The van der Waals surface area contributed by atoms with E-state index in [4.69, 9.17) is 25.8 Å². The standard InChI is InChI=1S/C17H15ClO4/c18-14-4-1-3-12(9-14)11-22-17(19)13-5-6-15-16(10-13)21-8-2-7-20-15/h1,3-6,9-10H,2,7-8,11H2. The van der Waals surface area contributed by atoms with Crippen LogP contribution in [0.2, 0.25) is 5.02 Å². The first kappa shape index (κ1) is 14.7. The van der Waals surface area contributed by atoms with Crippen LogP contribution >= 0.6 is 11.6 Å². The van der Waals surface area contributed by atoms with E-state index in [0.29, 0.717) is 35.3 Å². The summed E-state index contributed by atoms with van der Waals surface area (Å²) in [6.07, 6.45) is 0.823. The fourth-order valence-corrected chi connectivity index (χ4v) is 2.36. The molecule has 0 fully saturated rings. The average Bonchev–Trinajstić information content (AvgIpc) is 2.77. The third-order valence-electron chi connectivity index (χ3n) is 3.24. The van der Waals surface area contributed by atoms with Gasteiger partial charge in [-0.05, 0) is 35.9 Å². The second-order valence-electron chi connectivity index (χ2n) is 4.92. The molecule has 5 heteroatoms. The zero-order chi connectivity index (χ0) is 15.4. The topological polar surface area (TPSA) is 44.8 Å². The van der Waals surface area contributed by atoms with Gasteiger partial charge in [-0.3, -0.25) is 0 Å². The fourth-order valence-electron chi connectivity index (χ4n) is 2.15. The lowest BCUT2D eigenvalue weighted by Crippen LogP contribution is -2.06. The molecule has 0 atom stereocenters. The first-order valence-electron chi connectivity index (χ1n) is 7.03. The monoisotopic (exact) mass is 318 g/mol. The number of hydrogen-bond acceptors (Lipinski definition) is 4. The molecule has 114 valence electrons. The van der Waals surface area contributed by atoms with Crippen molar-refractivity contribution in [3.63, 3.8) is 0 Å². The van der Waals surface area contributed by atoms with Gasteiger partial charge in [-0.1, -0.05) is 23.7 Å². The number of rotatable bonds is 3. The molecule has 0 aliphatic carbocycles. The Morgan fingerprint density at radius 2 is 1.91 bits per heavy atom. The Labute approximate surface area is 133 Å². The SMILES string of the molecule is O=C(OCc1cccc(Cl)c1)c1ccc2c(c1)OCCCO2. The maximum absolute atomic E-state index is 12.1. The lowest BCUT2D eigenvalue weighted by molar-refractivity contribution is 0.0472. The average molecular weight is 319 g/mol. The summed E-state index contributed by atoms with van der Waals surface area (Å²) >= 11 is 5.90. The molecule has 0 saturated carbocycles. The molecule has 2 aromatic carbocycles. The quantitative estimate of drug-likeness (QED) is 0.806. The fraction of sp³-hybridized carbons (Fsp3) is 0.235. The highest BCUT2D eigenvalue weighted by atomic mass is 35.5. The lowest BCUT2D eigenvalue weighted by Gasteiger charge is -2.09. The summed E-state index contributed by atoms with van der Waals surface area (Å²) in [4.78, 5) is 12.1. The van der Waals surface area contributed by atoms with E-state index in [1.54, 1.807) is 30.3 Å². The molecule has 0 bridgehead atoms. The number of carbonyl (C=O) groups excluding carboxylic acids is 1. The number of benzene rings is 2. The number of hydrogen-bond donors (Lipinski definition) is 0. The summed E-state index contributed by atoms with van der Waals surface area (Å²) in [6, 6.07) is 12.3. The van der Waals surface area contributed by atoms with Crippen LogP contribution in [0.1, 0.15) is 22.3 Å². The van der Waals surface area contributed by atoms with Gasteiger partial charge in [-0.15, -0.1) is 0 Å². The van der Waals surface area contributed by atoms with Crippen LogP contribution in [-0.4, -0.2) is 19.2 Å². The van der Waals surface area contributed by atoms with Crippen LogP contribution in [0.25, 0.3) is 0 Å². The minimum Gasteiger partial charge on any atom is -0.490 e. The Morgan fingerprint density at radius 3 is 2.73 bits per heavy atom. The van der Waals surface area contributed by atoms with Crippen molar-refractivity contribution in [3.8, 4) is 11.5 Å². The van der Waals surface area contributed by atoms with E-state index < -0.39 is 5.97 Å². The molecule has 0 N–H and O–H groups in total. The zero-order valence-corrected chi connectivity index (χ0v) is 12.6. The third kappa shape index (κ3) is 3.52. The van der Waals surface area contributed by atoms with Gasteiger partial charge in [0.05, 0.1) is 18.8 Å². The van der Waals surface area contributed by atoms with Crippen molar-refractivity contribution in [2.75, 3.05) is 13.2 Å². The van der Waals surface area contributed by atoms with Gasteiger partial charge < -0.3 is 14.2 Å². The van der Waals surface area contributed by atoms with Gasteiger partial charge >= 0.3 is 5.97 Å². The number of esters is 1. The lowest BCUT2D eigenvalue weighted by atomic mass is 10.2. The van der Waals surface area contributed by atoms with Crippen molar-refractivity contribution in [1.82, 2.24) is 0 Å². The molecule has 1 heterocycles. The van der Waals surface area contributed by atoms with Crippen molar-refractivity contribution >= 4 is 17.6 Å². The number of ether oxygens (including phenoxy) is 3. The maximum Gasteiger partial charge on any atom is 0.338 e. The first-order chi connectivity index (χ1) is 10.7. The van der Waals surface area contributed by atoms with Gasteiger partial charge in [0.1, 0.15) is 6.61 Å².